The van der Waals surface area contributed by atoms with Crippen molar-refractivity contribution >= 4 is 11.8 Å². The number of fused-ring (bicyclic) bond motifs is 1. The quantitative estimate of drug-likeness (QED) is 0.824. The lowest BCUT2D eigenvalue weighted by atomic mass is 9.96. The van der Waals surface area contributed by atoms with Crippen LogP contribution in [0.15, 0.2) is 30.3 Å². The summed E-state index contributed by atoms with van der Waals surface area (Å²) in [6, 6.07) is 9.00. The Hall–Kier alpha value is -1.96. The van der Waals surface area contributed by atoms with Crippen molar-refractivity contribution in [1.82, 2.24) is 10.6 Å². The second-order valence-electron chi connectivity index (χ2n) is 6.94. The normalized spacial score (nSPS) is 29.9. The maximum absolute atomic E-state index is 12.3. The summed E-state index contributed by atoms with van der Waals surface area (Å²) in [6.45, 7) is 6.03. The van der Waals surface area contributed by atoms with Gasteiger partial charge in [0.1, 0.15) is 17.8 Å². The lowest BCUT2D eigenvalue weighted by Gasteiger charge is -2.27. The van der Waals surface area contributed by atoms with Gasteiger partial charge in [0.2, 0.25) is 5.91 Å². The molecule has 0 aliphatic carbocycles. The minimum atomic E-state index is -0.777. The van der Waals surface area contributed by atoms with Crippen LogP contribution in [0.2, 0.25) is 0 Å². The van der Waals surface area contributed by atoms with Gasteiger partial charge in [0.25, 0.3) is 5.91 Å². The van der Waals surface area contributed by atoms with Crippen LogP contribution in [0.1, 0.15) is 31.1 Å². The molecule has 25 heavy (non-hydrogen) atoms. The summed E-state index contributed by atoms with van der Waals surface area (Å²) >= 11 is 0. The Morgan fingerprint density at radius 2 is 1.92 bits per heavy atom. The van der Waals surface area contributed by atoms with Gasteiger partial charge in [-0.3, -0.25) is 9.59 Å². The monoisotopic (exact) mass is 348 g/mol. The molecule has 136 valence electrons. The standard InChI is InChI=1S/C18H24N2O5/c1-12(21)19-9-14-15-18(11-23-14,25-17(2,3)24-15)10-20-16(22)13-7-5-4-6-8-13/h4-8,14-15H,9-11H2,1-3H3,(H,19,21)(H,20,22)/t14-,15-,18+/m1/s1. The molecule has 3 rings (SSSR count). The molecule has 0 radical (unpaired) electrons. The Bertz CT molecular complexity index is 648. The van der Waals surface area contributed by atoms with E-state index in [0.29, 0.717) is 18.7 Å². The fourth-order valence-corrected chi connectivity index (χ4v) is 3.37. The van der Waals surface area contributed by atoms with Crippen molar-refractivity contribution in [3.63, 3.8) is 0 Å². The molecule has 1 aromatic carbocycles. The highest BCUT2D eigenvalue weighted by atomic mass is 16.8. The molecule has 2 amide bonds. The first-order valence-electron chi connectivity index (χ1n) is 8.39. The van der Waals surface area contributed by atoms with Gasteiger partial charge in [-0.05, 0) is 26.0 Å². The highest BCUT2D eigenvalue weighted by molar-refractivity contribution is 5.94. The lowest BCUT2D eigenvalue weighted by molar-refractivity contribution is -0.188. The van der Waals surface area contributed by atoms with Gasteiger partial charge in [-0.2, -0.15) is 0 Å². The predicted molar refractivity (Wildman–Crippen MR) is 90.0 cm³/mol. The predicted octanol–water partition coefficient (Wildman–Crippen LogP) is 0.842. The number of rotatable bonds is 5. The zero-order chi connectivity index (χ0) is 18.1. The van der Waals surface area contributed by atoms with Crippen LogP contribution in [-0.4, -0.2) is 55.1 Å². The van der Waals surface area contributed by atoms with Gasteiger partial charge in [-0.25, -0.2) is 0 Å². The molecule has 2 aliphatic heterocycles. The van der Waals surface area contributed by atoms with Gasteiger partial charge in [-0.15, -0.1) is 0 Å². The zero-order valence-corrected chi connectivity index (χ0v) is 14.7. The molecule has 7 heteroatoms. The van der Waals surface area contributed by atoms with Crippen molar-refractivity contribution < 1.29 is 23.8 Å². The summed E-state index contributed by atoms with van der Waals surface area (Å²) in [5.74, 6) is -1.08. The zero-order valence-electron chi connectivity index (χ0n) is 14.7. The average molecular weight is 348 g/mol. The first-order chi connectivity index (χ1) is 11.8. The molecule has 2 heterocycles. The van der Waals surface area contributed by atoms with E-state index in [1.165, 1.54) is 6.92 Å². The third-order valence-corrected chi connectivity index (χ3v) is 4.39. The molecule has 0 saturated carbocycles. The first-order valence-corrected chi connectivity index (χ1v) is 8.39. The number of hydrogen-bond donors (Lipinski definition) is 2. The van der Waals surface area contributed by atoms with Gasteiger partial charge in [-0.1, -0.05) is 18.2 Å². The Labute approximate surface area is 147 Å². The number of carbonyl (C=O) groups excluding carboxylic acids is 2. The van der Waals surface area contributed by atoms with Gasteiger partial charge in [0.15, 0.2) is 5.79 Å². The number of benzene rings is 1. The van der Waals surface area contributed by atoms with Crippen LogP contribution >= 0.6 is 0 Å². The van der Waals surface area contributed by atoms with Crippen molar-refractivity contribution in [2.45, 2.75) is 44.4 Å². The highest BCUT2D eigenvalue weighted by Gasteiger charge is 2.60. The molecule has 2 saturated heterocycles. The summed E-state index contributed by atoms with van der Waals surface area (Å²) in [5, 5.41) is 5.66. The van der Waals surface area contributed by atoms with Crippen molar-refractivity contribution in [2.24, 2.45) is 0 Å². The van der Waals surface area contributed by atoms with Crippen molar-refractivity contribution in [2.75, 3.05) is 19.7 Å². The molecule has 3 atom stereocenters. The molecule has 0 bridgehead atoms. The number of carbonyl (C=O) groups is 2. The van der Waals surface area contributed by atoms with E-state index in [-0.39, 0.29) is 30.6 Å². The van der Waals surface area contributed by atoms with E-state index in [9.17, 15) is 9.59 Å². The smallest absolute Gasteiger partial charge is 0.251 e. The van der Waals surface area contributed by atoms with E-state index < -0.39 is 11.4 Å². The molecule has 0 unspecified atom stereocenters. The van der Waals surface area contributed by atoms with Crippen LogP contribution in [0.5, 0.6) is 0 Å². The Morgan fingerprint density at radius 1 is 1.20 bits per heavy atom. The molecule has 0 spiro atoms. The summed E-state index contributed by atoms with van der Waals surface area (Å²) in [7, 11) is 0. The average Bonchev–Trinajstić information content (AvgIpc) is 3.02. The molecule has 7 nitrogen and oxygen atoms in total. The maximum atomic E-state index is 12.3. The number of amides is 2. The van der Waals surface area contributed by atoms with Gasteiger partial charge in [0.05, 0.1) is 13.2 Å². The number of ether oxygens (including phenoxy) is 3. The fraction of sp³-hybridized carbons (Fsp3) is 0.556. The van der Waals surface area contributed by atoms with Gasteiger partial charge >= 0.3 is 0 Å². The summed E-state index contributed by atoms with van der Waals surface area (Å²) < 4.78 is 17.9. The van der Waals surface area contributed by atoms with Crippen LogP contribution in [0.4, 0.5) is 0 Å². The van der Waals surface area contributed by atoms with E-state index >= 15 is 0 Å². The fourth-order valence-electron chi connectivity index (χ4n) is 3.37. The molecule has 0 aromatic heterocycles. The number of nitrogens with one attached hydrogen (secondary N) is 2. The molecular weight excluding hydrogens is 324 g/mol. The molecule has 2 fully saturated rings. The van der Waals surface area contributed by atoms with E-state index in [1.54, 1.807) is 12.1 Å². The minimum Gasteiger partial charge on any atom is -0.370 e. The van der Waals surface area contributed by atoms with E-state index in [4.69, 9.17) is 14.2 Å². The van der Waals surface area contributed by atoms with Crippen LogP contribution in [0, 0.1) is 0 Å². The lowest BCUT2D eigenvalue weighted by Crippen LogP contribution is -2.52. The SMILES string of the molecule is CC(=O)NC[C@H]1OC[C@]2(CNC(=O)c3ccccc3)OC(C)(C)O[C@H]12. The minimum absolute atomic E-state index is 0.128. The van der Waals surface area contributed by atoms with Crippen LogP contribution < -0.4 is 10.6 Å². The van der Waals surface area contributed by atoms with Crippen LogP contribution in [-0.2, 0) is 19.0 Å². The van der Waals surface area contributed by atoms with Crippen LogP contribution in [0.3, 0.4) is 0 Å². The molecule has 1 aromatic rings. The first kappa shape index (κ1) is 17.8. The van der Waals surface area contributed by atoms with E-state index in [2.05, 4.69) is 10.6 Å². The maximum Gasteiger partial charge on any atom is 0.251 e. The Balaban J connectivity index is 1.69. The second kappa shape index (κ2) is 6.74. The number of hydrogen-bond acceptors (Lipinski definition) is 5. The largest absolute Gasteiger partial charge is 0.370 e. The summed E-state index contributed by atoms with van der Waals surface area (Å²) in [6.07, 6.45) is -0.690. The molecular formula is C18H24N2O5. The Kier molecular flexibility index (Phi) is 4.81. The van der Waals surface area contributed by atoms with Crippen molar-refractivity contribution in [3.05, 3.63) is 35.9 Å². The topological polar surface area (TPSA) is 85.9 Å². The van der Waals surface area contributed by atoms with Crippen LogP contribution in [0.25, 0.3) is 0 Å². The Morgan fingerprint density at radius 3 is 2.60 bits per heavy atom. The van der Waals surface area contributed by atoms with E-state index in [0.717, 1.165) is 0 Å². The van der Waals surface area contributed by atoms with E-state index in [1.807, 2.05) is 32.0 Å². The van der Waals surface area contributed by atoms with Gasteiger partial charge < -0.3 is 24.8 Å². The molecule has 2 N–H and O–H groups in total. The highest BCUT2D eigenvalue weighted by Crippen LogP contribution is 2.42. The third kappa shape index (κ3) is 3.84. The third-order valence-electron chi connectivity index (χ3n) is 4.39. The summed E-state index contributed by atoms with van der Waals surface area (Å²) in [4.78, 5) is 23.5. The summed E-state index contributed by atoms with van der Waals surface area (Å²) in [5.41, 5.74) is -0.181. The van der Waals surface area contributed by atoms with Crippen molar-refractivity contribution in [1.29, 1.82) is 0 Å². The second-order valence-corrected chi connectivity index (χ2v) is 6.94. The van der Waals surface area contributed by atoms with Gasteiger partial charge in [0, 0.05) is 19.0 Å². The molecule has 2 aliphatic rings. The van der Waals surface area contributed by atoms with Crippen molar-refractivity contribution in [3.8, 4) is 0 Å².